The van der Waals surface area contributed by atoms with Crippen molar-refractivity contribution in [2.75, 3.05) is 13.1 Å². The van der Waals surface area contributed by atoms with E-state index in [2.05, 4.69) is 16.4 Å². The number of nitrogens with one attached hydrogen (secondary N) is 1. The van der Waals surface area contributed by atoms with Crippen LogP contribution in [0.3, 0.4) is 0 Å². The van der Waals surface area contributed by atoms with Gasteiger partial charge in [0.2, 0.25) is 0 Å². The number of carbonyl (C=O) groups excluding carboxylic acids is 3. The number of benzene rings is 1. The summed E-state index contributed by atoms with van der Waals surface area (Å²) in [5, 5.41) is 16.7. The predicted octanol–water partition coefficient (Wildman–Crippen LogP) is 4.56. The van der Waals surface area contributed by atoms with Gasteiger partial charge in [-0.25, -0.2) is 4.79 Å². The number of nitriles is 1. The third-order valence-electron chi connectivity index (χ3n) is 8.26. The molecule has 3 aromatic rings. The quantitative estimate of drug-likeness (QED) is 0.315. The highest BCUT2D eigenvalue weighted by molar-refractivity contribution is 7.07. The molecule has 2 amide bonds. The summed E-state index contributed by atoms with van der Waals surface area (Å²) in [6.45, 7) is 6.52. The van der Waals surface area contributed by atoms with E-state index in [1.165, 1.54) is 6.08 Å². The zero-order valence-corrected chi connectivity index (χ0v) is 25.1. The zero-order chi connectivity index (χ0) is 30.4. The van der Waals surface area contributed by atoms with Crippen molar-refractivity contribution in [3.8, 4) is 6.07 Å². The normalized spacial score (nSPS) is 25.3. The summed E-state index contributed by atoms with van der Waals surface area (Å²) in [6.07, 6.45) is 5.44. The van der Waals surface area contributed by atoms with Gasteiger partial charge in [0.15, 0.2) is 5.78 Å². The number of likely N-dealkylation sites (tertiary alicyclic amines) is 1. The molecule has 4 atom stereocenters. The van der Waals surface area contributed by atoms with Crippen LogP contribution in [0.15, 0.2) is 77.5 Å². The van der Waals surface area contributed by atoms with Gasteiger partial charge < -0.3 is 15.0 Å². The molecule has 43 heavy (non-hydrogen) atoms. The maximum Gasteiger partial charge on any atom is 0.410 e. The highest BCUT2D eigenvalue weighted by Crippen LogP contribution is 2.52. The Morgan fingerprint density at radius 3 is 2.37 bits per heavy atom. The first kappa shape index (κ1) is 28.6. The number of piperidine rings is 1. The van der Waals surface area contributed by atoms with Crippen LogP contribution in [-0.4, -0.2) is 62.8 Å². The van der Waals surface area contributed by atoms with Crippen molar-refractivity contribution in [2.45, 2.75) is 50.8 Å². The minimum atomic E-state index is -1.01. The van der Waals surface area contributed by atoms with Gasteiger partial charge in [-0.2, -0.15) is 16.6 Å². The molecular formula is C33H33N5O4S. The molecule has 9 nitrogen and oxygen atoms in total. The summed E-state index contributed by atoms with van der Waals surface area (Å²) in [7, 11) is 0. The number of pyridine rings is 1. The minimum absolute atomic E-state index is 0.0855. The van der Waals surface area contributed by atoms with Crippen molar-refractivity contribution in [2.24, 2.45) is 11.8 Å². The van der Waals surface area contributed by atoms with E-state index >= 15 is 0 Å². The smallest absolute Gasteiger partial charge is 0.410 e. The summed E-state index contributed by atoms with van der Waals surface area (Å²) in [5.41, 5.74) is 1.28. The highest BCUT2D eigenvalue weighted by atomic mass is 32.1. The first-order valence-electron chi connectivity index (χ1n) is 14.3. The summed E-state index contributed by atoms with van der Waals surface area (Å²) in [5.74, 6) is 0.291. The Balaban J connectivity index is 1.33. The molecule has 10 heteroatoms. The van der Waals surface area contributed by atoms with E-state index in [0.717, 1.165) is 11.1 Å². The SMILES string of the molecule is CC(C)(C)OC(=O)N1C[C@@H]2[C@H](C1)[C@H]2N1C(=O)C(Cc2ccncc2)(Cc2ccsc2)N/C1=C\C(=O)c1ccc(C#N)cc1. The molecule has 0 bridgehead atoms. The van der Waals surface area contributed by atoms with Gasteiger partial charge in [0.25, 0.3) is 5.91 Å². The molecule has 0 spiro atoms. The minimum Gasteiger partial charge on any atom is -0.444 e. The van der Waals surface area contributed by atoms with Gasteiger partial charge in [-0.05, 0) is 85.1 Å². The Bertz CT molecular complexity index is 1600. The fourth-order valence-electron chi connectivity index (χ4n) is 6.26. The molecule has 2 saturated heterocycles. The van der Waals surface area contributed by atoms with Crippen molar-refractivity contribution >= 4 is 29.1 Å². The second kappa shape index (κ2) is 11.0. The molecule has 220 valence electrons. The van der Waals surface area contributed by atoms with Crippen LogP contribution >= 0.6 is 11.3 Å². The topological polar surface area (TPSA) is 116 Å². The van der Waals surface area contributed by atoms with E-state index < -0.39 is 11.1 Å². The predicted molar refractivity (Wildman–Crippen MR) is 161 cm³/mol. The summed E-state index contributed by atoms with van der Waals surface area (Å²) in [6, 6.07) is 14.2. The molecule has 2 aliphatic heterocycles. The standard InChI is InChI=1S/C33H33N5O4S/c1-32(2,3)42-31(41)37-18-25-26(19-37)29(25)38-28(14-27(39)24-6-4-22(17-34)5-7-24)36-33(30(38)40,16-23-10-13-43-20-23)15-21-8-11-35-12-9-21/h4-14,20,25-26,29,36H,15-16,18-19H2,1-3H3/b28-14+/t25-,26+,29+,33?. The Hall–Kier alpha value is -4.49. The number of amides is 2. The molecule has 1 saturated carbocycles. The number of fused-ring (bicyclic) bond motifs is 1. The first-order valence-corrected chi connectivity index (χ1v) is 15.3. The molecule has 2 aromatic heterocycles. The lowest BCUT2D eigenvalue weighted by Crippen LogP contribution is -2.51. The number of ketones is 1. The summed E-state index contributed by atoms with van der Waals surface area (Å²) >= 11 is 1.58. The Kier molecular flexibility index (Phi) is 7.30. The van der Waals surface area contributed by atoms with E-state index in [1.807, 2.05) is 49.7 Å². The van der Waals surface area contributed by atoms with E-state index in [4.69, 9.17) is 10.00 Å². The lowest BCUT2D eigenvalue weighted by atomic mass is 9.85. The van der Waals surface area contributed by atoms with Crippen LogP contribution in [0.2, 0.25) is 0 Å². The van der Waals surface area contributed by atoms with Crippen LogP contribution < -0.4 is 5.32 Å². The second-order valence-corrected chi connectivity index (χ2v) is 13.3. The first-order chi connectivity index (χ1) is 20.6. The third-order valence-corrected chi connectivity index (χ3v) is 8.99. The molecule has 3 fully saturated rings. The van der Waals surface area contributed by atoms with Crippen LogP contribution in [0.5, 0.6) is 0 Å². The molecule has 1 N–H and O–H groups in total. The number of carbonyl (C=O) groups is 3. The number of rotatable bonds is 7. The van der Waals surface area contributed by atoms with Crippen LogP contribution in [-0.2, 0) is 22.4 Å². The van der Waals surface area contributed by atoms with Gasteiger partial charge in [0.05, 0.1) is 11.6 Å². The fourth-order valence-corrected chi connectivity index (χ4v) is 6.93. The third kappa shape index (κ3) is 5.77. The molecule has 3 aliphatic rings. The van der Waals surface area contributed by atoms with E-state index in [9.17, 15) is 14.4 Å². The largest absolute Gasteiger partial charge is 0.444 e. The average molecular weight is 596 g/mol. The van der Waals surface area contributed by atoms with Crippen molar-refractivity contribution in [1.29, 1.82) is 5.26 Å². The lowest BCUT2D eigenvalue weighted by Gasteiger charge is -2.29. The van der Waals surface area contributed by atoms with Gasteiger partial charge in [-0.15, -0.1) is 0 Å². The number of aromatic nitrogens is 1. The second-order valence-electron chi connectivity index (χ2n) is 12.5. The Labute approximate surface area is 254 Å². The Morgan fingerprint density at radius 2 is 1.77 bits per heavy atom. The van der Waals surface area contributed by atoms with Crippen LogP contribution in [0.25, 0.3) is 0 Å². The van der Waals surface area contributed by atoms with Gasteiger partial charge in [-0.1, -0.05) is 0 Å². The zero-order valence-electron chi connectivity index (χ0n) is 24.3. The van der Waals surface area contributed by atoms with Gasteiger partial charge in [-0.3, -0.25) is 19.5 Å². The van der Waals surface area contributed by atoms with E-state index in [1.54, 1.807) is 57.8 Å². The number of nitrogens with zero attached hydrogens (tertiary/aromatic N) is 4. The van der Waals surface area contributed by atoms with E-state index in [-0.39, 0.29) is 35.7 Å². The molecular weight excluding hydrogens is 562 g/mol. The number of hydrogen-bond acceptors (Lipinski definition) is 8. The molecule has 6 rings (SSSR count). The maximum absolute atomic E-state index is 14.6. The number of thiophene rings is 1. The van der Waals surface area contributed by atoms with E-state index in [0.29, 0.717) is 42.9 Å². The van der Waals surface area contributed by atoms with Gasteiger partial charge >= 0.3 is 6.09 Å². The summed E-state index contributed by atoms with van der Waals surface area (Å²) < 4.78 is 5.58. The number of ether oxygens (including phenoxy) is 1. The Morgan fingerprint density at radius 1 is 1.09 bits per heavy atom. The molecule has 0 radical (unpaired) electrons. The molecule has 1 unspecified atom stereocenters. The summed E-state index contributed by atoms with van der Waals surface area (Å²) in [4.78, 5) is 48.5. The highest BCUT2D eigenvalue weighted by Gasteiger charge is 2.65. The van der Waals surface area contributed by atoms with Gasteiger partial charge in [0, 0.05) is 67.8 Å². The van der Waals surface area contributed by atoms with Crippen molar-refractivity contribution in [3.05, 3.63) is 99.8 Å². The van der Waals surface area contributed by atoms with Crippen molar-refractivity contribution in [1.82, 2.24) is 20.1 Å². The molecule has 4 heterocycles. The van der Waals surface area contributed by atoms with Gasteiger partial charge in [0.1, 0.15) is 17.0 Å². The maximum atomic E-state index is 14.6. The fraction of sp³-hybridized carbons (Fsp3) is 0.364. The monoisotopic (exact) mass is 595 g/mol. The van der Waals surface area contributed by atoms with Crippen molar-refractivity contribution < 1.29 is 19.1 Å². The number of allylic oxidation sites excluding steroid dienone is 1. The van der Waals surface area contributed by atoms with Crippen LogP contribution in [0.1, 0.15) is 47.8 Å². The lowest BCUT2D eigenvalue weighted by molar-refractivity contribution is -0.132. The average Bonchev–Trinajstić information content (AvgIpc) is 3.35. The molecule has 1 aliphatic carbocycles. The number of hydrogen-bond donors (Lipinski definition) is 1. The van der Waals surface area contributed by atoms with Crippen LogP contribution in [0.4, 0.5) is 4.79 Å². The van der Waals surface area contributed by atoms with Crippen LogP contribution in [0, 0.1) is 23.2 Å². The molecule has 1 aromatic carbocycles. The van der Waals surface area contributed by atoms with Crippen molar-refractivity contribution in [3.63, 3.8) is 0 Å².